The molecule has 0 aliphatic rings. The van der Waals surface area contributed by atoms with Gasteiger partial charge in [0.05, 0.1) is 11.1 Å². The zero-order valence-electron chi connectivity index (χ0n) is 11.2. The van der Waals surface area contributed by atoms with Crippen LogP contribution >= 0.6 is 0 Å². The van der Waals surface area contributed by atoms with E-state index in [9.17, 15) is 18.6 Å². The molecular formula is C14H14N2O4S. The number of phenols is 2. The van der Waals surface area contributed by atoms with Crippen LogP contribution in [-0.4, -0.2) is 24.8 Å². The van der Waals surface area contributed by atoms with Crippen LogP contribution in [-0.2, 0) is 10.0 Å². The predicted molar refractivity (Wildman–Crippen MR) is 78.9 cm³/mol. The molecule has 0 heterocycles. The lowest BCUT2D eigenvalue weighted by Crippen LogP contribution is -2.18. The number of nitrogens with zero attached hydrogens (tertiary/aromatic N) is 1. The lowest BCUT2D eigenvalue weighted by molar-refractivity contribution is 0.403. The molecule has 0 unspecified atom stereocenters. The highest BCUT2D eigenvalue weighted by atomic mass is 32.2. The first-order valence-electron chi connectivity index (χ1n) is 6.02. The average Bonchev–Trinajstić information content (AvgIpc) is 2.44. The lowest BCUT2D eigenvalue weighted by Gasteiger charge is -2.04. The number of rotatable bonds is 4. The van der Waals surface area contributed by atoms with Gasteiger partial charge in [-0.25, -0.2) is 4.83 Å². The number of para-hydroxylation sites is 1. The molecule has 110 valence electrons. The number of hydrogen-bond acceptors (Lipinski definition) is 5. The standard InChI is InChI=1S/C14H14N2O4S/c1-10-5-7-12(8-6-10)21(19,20)16-15-9-11-3-2-4-13(17)14(11)18/h2-9,16-18H,1H3/b15-9+. The molecule has 0 radical (unpaired) electrons. The molecule has 0 saturated heterocycles. The Labute approximate surface area is 122 Å². The second kappa shape index (κ2) is 5.84. The van der Waals surface area contributed by atoms with E-state index in [-0.39, 0.29) is 22.0 Å². The second-order valence-electron chi connectivity index (χ2n) is 4.38. The fourth-order valence-electron chi connectivity index (χ4n) is 1.59. The number of sulfonamides is 1. The van der Waals surface area contributed by atoms with Crippen molar-refractivity contribution < 1.29 is 18.6 Å². The van der Waals surface area contributed by atoms with Crippen molar-refractivity contribution in [2.75, 3.05) is 0 Å². The number of benzene rings is 2. The van der Waals surface area contributed by atoms with Crippen molar-refractivity contribution in [3.63, 3.8) is 0 Å². The molecule has 0 saturated carbocycles. The fourth-order valence-corrected chi connectivity index (χ4v) is 2.38. The topological polar surface area (TPSA) is 99.0 Å². The van der Waals surface area contributed by atoms with Crippen molar-refractivity contribution in [2.45, 2.75) is 11.8 Å². The second-order valence-corrected chi connectivity index (χ2v) is 6.04. The van der Waals surface area contributed by atoms with E-state index in [0.717, 1.165) is 11.8 Å². The molecule has 0 aliphatic carbocycles. The van der Waals surface area contributed by atoms with Crippen molar-refractivity contribution in [3.05, 3.63) is 53.6 Å². The summed E-state index contributed by atoms with van der Waals surface area (Å²) in [6.07, 6.45) is 1.11. The molecule has 0 fully saturated rings. The molecule has 0 atom stereocenters. The molecule has 2 aromatic carbocycles. The Morgan fingerprint density at radius 2 is 1.76 bits per heavy atom. The number of aryl methyl sites for hydroxylation is 1. The highest BCUT2D eigenvalue weighted by Crippen LogP contribution is 2.26. The highest BCUT2D eigenvalue weighted by molar-refractivity contribution is 7.89. The van der Waals surface area contributed by atoms with Gasteiger partial charge in [0.2, 0.25) is 0 Å². The van der Waals surface area contributed by atoms with Gasteiger partial charge in [0.15, 0.2) is 11.5 Å². The van der Waals surface area contributed by atoms with E-state index in [0.29, 0.717) is 0 Å². The number of phenolic OH excluding ortho intramolecular Hbond substituents is 2. The van der Waals surface area contributed by atoms with Crippen LogP contribution in [0.2, 0.25) is 0 Å². The van der Waals surface area contributed by atoms with E-state index < -0.39 is 10.0 Å². The molecule has 0 bridgehead atoms. The molecule has 2 aromatic rings. The quantitative estimate of drug-likeness (QED) is 0.455. The van der Waals surface area contributed by atoms with E-state index in [1.807, 2.05) is 11.8 Å². The maximum Gasteiger partial charge on any atom is 0.276 e. The van der Waals surface area contributed by atoms with Crippen molar-refractivity contribution in [3.8, 4) is 11.5 Å². The number of hydrazone groups is 1. The maximum atomic E-state index is 11.9. The predicted octanol–water partition coefficient (Wildman–Crippen LogP) is 1.72. The van der Waals surface area contributed by atoms with E-state index in [4.69, 9.17) is 0 Å². The van der Waals surface area contributed by atoms with Gasteiger partial charge in [-0.2, -0.15) is 13.5 Å². The van der Waals surface area contributed by atoms with Crippen LogP contribution in [0, 0.1) is 6.92 Å². The minimum Gasteiger partial charge on any atom is -0.504 e. The SMILES string of the molecule is Cc1ccc(S(=O)(=O)N/N=C/c2cccc(O)c2O)cc1. The molecule has 2 rings (SSSR count). The summed E-state index contributed by atoms with van der Waals surface area (Å²) in [5, 5.41) is 22.4. The third-order valence-electron chi connectivity index (χ3n) is 2.75. The molecule has 0 aromatic heterocycles. The normalized spacial score (nSPS) is 11.7. The van der Waals surface area contributed by atoms with Gasteiger partial charge in [-0.05, 0) is 31.2 Å². The largest absolute Gasteiger partial charge is 0.504 e. The van der Waals surface area contributed by atoms with Crippen molar-refractivity contribution in [1.82, 2.24) is 4.83 Å². The van der Waals surface area contributed by atoms with Crippen LogP contribution in [0.5, 0.6) is 11.5 Å². The molecule has 6 nitrogen and oxygen atoms in total. The van der Waals surface area contributed by atoms with Gasteiger partial charge < -0.3 is 10.2 Å². The first-order chi connectivity index (χ1) is 9.90. The first kappa shape index (κ1) is 14.9. The summed E-state index contributed by atoms with van der Waals surface area (Å²) in [4.78, 5) is 2.13. The Bertz CT molecular complexity index is 768. The fraction of sp³-hybridized carbons (Fsp3) is 0.0714. The van der Waals surface area contributed by atoms with Crippen molar-refractivity contribution in [2.24, 2.45) is 5.10 Å². The van der Waals surface area contributed by atoms with Gasteiger partial charge >= 0.3 is 0 Å². The lowest BCUT2D eigenvalue weighted by atomic mass is 10.2. The van der Waals surface area contributed by atoms with Gasteiger partial charge in [0, 0.05) is 5.56 Å². The first-order valence-corrected chi connectivity index (χ1v) is 7.51. The minimum absolute atomic E-state index is 0.0883. The van der Waals surface area contributed by atoms with Gasteiger partial charge in [0.25, 0.3) is 10.0 Å². The van der Waals surface area contributed by atoms with Gasteiger partial charge in [0.1, 0.15) is 0 Å². The average molecular weight is 306 g/mol. The molecule has 7 heteroatoms. The van der Waals surface area contributed by atoms with E-state index in [2.05, 4.69) is 5.10 Å². The summed E-state index contributed by atoms with van der Waals surface area (Å²) in [6.45, 7) is 1.85. The van der Waals surface area contributed by atoms with E-state index in [1.54, 1.807) is 12.1 Å². The van der Waals surface area contributed by atoms with Gasteiger partial charge in [-0.3, -0.25) is 0 Å². The summed E-state index contributed by atoms with van der Waals surface area (Å²) in [5.41, 5.74) is 1.14. The van der Waals surface area contributed by atoms with Crippen LogP contribution in [0.25, 0.3) is 0 Å². The highest BCUT2D eigenvalue weighted by Gasteiger charge is 2.12. The minimum atomic E-state index is -3.76. The summed E-state index contributed by atoms with van der Waals surface area (Å²) < 4.78 is 23.9. The molecular weight excluding hydrogens is 292 g/mol. The Morgan fingerprint density at radius 3 is 2.43 bits per heavy atom. The third kappa shape index (κ3) is 3.51. The Balaban J connectivity index is 2.16. The van der Waals surface area contributed by atoms with Gasteiger partial charge in [-0.15, -0.1) is 0 Å². The summed E-state index contributed by atoms with van der Waals surface area (Å²) in [7, 11) is -3.76. The summed E-state index contributed by atoms with van der Waals surface area (Å²) in [6, 6.07) is 10.6. The Hall–Kier alpha value is -2.54. The smallest absolute Gasteiger partial charge is 0.276 e. The van der Waals surface area contributed by atoms with Crippen molar-refractivity contribution in [1.29, 1.82) is 0 Å². The Kier molecular flexibility index (Phi) is 4.13. The molecule has 0 aliphatic heterocycles. The molecule has 0 spiro atoms. The van der Waals surface area contributed by atoms with Crippen LogP contribution in [0.1, 0.15) is 11.1 Å². The third-order valence-corrected chi connectivity index (χ3v) is 3.99. The van der Waals surface area contributed by atoms with Crippen LogP contribution < -0.4 is 4.83 Å². The Morgan fingerprint density at radius 1 is 1.10 bits per heavy atom. The van der Waals surface area contributed by atoms with E-state index in [1.165, 1.54) is 30.3 Å². The van der Waals surface area contributed by atoms with Crippen molar-refractivity contribution >= 4 is 16.2 Å². The summed E-state index contributed by atoms with van der Waals surface area (Å²) in [5.74, 6) is -0.670. The summed E-state index contributed by atoms with van der Waals surface area (Å²) >= 11 is 0. The van der Waals surface area contributed by atoms with Crippen LogP contribution in [0.3, 0.4) is 0 Å². The zero-order valence-corrected chi connectivity index (χ0v) is 12.0. The molecule has 21 heavy (non-hydrogen) atoms. The molecule has 0 amide bonds. The number of aromatic hydroxyl groups is 2. The van der Waals surface area contributed by atoms with Crippen LogP contribution in [0.4, 0.5) is 0 Å². The number of hydrogen-bond donors (Lipinski definition) is 3. The van der Waals surface area contributed by atoms with E-state index >= 15 is 0 Å². The monoisotopic (exact) mass is 306 g/mol. The number of nitrogens with one attached hydrogen (secondary N) is 1. The molecule has 3 N–H and O–H groups in total. The maximum absolute atomic E-state index is 11.9. The zero-order chi connectivity index (χ0) is 15.5. The van der Waals surface area contributed by atoms with Crippen LogP contribution in [0.15, 0.2) is 52.5 Å². The van der Waals surface area contributed by atoms with Gasteiger partial charge in [-0.1, -0.05) is 23.8 Å².